The van der Waals surface area contributed by atoms with Crippen LogP contribution >= 0.6 is 0 Å². The second-order valence-electron chi connectivity index (χ2n) is 8.30. The Labute approximate surface area is 176 Å². The highest BCUT2D eigenvalue weighted by Gasteiger charge is 1.97. The predicted molar refractivity (Wildman–Crippen MR) is 123 cm³/mol. The third kappa shape index (κ3) is 23.2. The van der Waals surface area contributed by atoms with E-state index in [9.17, 15) is 4.79 Å². The number of hydrogen-bond donors (Lipinski definition) is 0. The monoisotopic (exact) mass is 393 g/mol. The Kier molecular flexibility index (Phi) is 23.6. The average Bonchev–Trinajstić information content (AvgIpc) is 2.71. The average molecular weight is 394 g/mol. The lowest BCUT2D eigenvalue weighted by Crippen LogP contribution is -2.01. The molecule has 165 valence electrons. The molecule has 28 heavy (non-hydrogen) atoms. The Morgan fingerprint density at radius 3 is 1.11 bits per heavy atom. The van der Waals surface area contributed by atoms with Gasteiger partial charge >= 0.3 is 5.97 Å². The third-order valence-electron chi connectivity index (χ3n) is 5.56. The summed E-state index contributed by atoms with van der Waals surface area (Å²) in [4.78, 5) is 10.9. The van der Waals surface area contributed by atoms with Crippen LogP contribution in [0, 0.1) is 6.92 Å². The fourth-order valence-electron chi connectivity index (χ4n) is 3.69. The van der Waals surface area contributed by atoms with Crippen LogP contribution < -0.4 is 0 Å². The fourth-order valence-corrected chi connectivity index (χ4v) is 3.69. The highest BCUT2D eigenvalue weighted by molar-refractivity contribution is 5.81. The smallest absolute Gasteiger partial charge is 0.330 e. The van der Waals surface area contributed by atoms with Crippen LogP contribution in [0.4, 0.5) is 0 Å². The molecule has 0 N–H and O–H groups in total. The van der Waals surface area contributed by atoms with Crippen LogP contribution in [-0.4, -0.2) is 12.6 Å². The third-order valence-corrected chi connectivity index (χ3v) is 5.56. The number of rotatable bonds is 23. The highest BCUT2D eigenvalue weighted by atomic mass is 16.5. The summed E-state index contributed by atoms with van der Waals surface area (Å²) in [5, 5.41) is 0. The molecule has 2 nitrogen and oxygen atoms in total. The van der Waals surface area contributed by atoms with Crippen molar-refractivity contribution in [3.05, 3.63) is 19.6 Å². The first-order chi connectivity index (χ1) is 13.8. The molecule has 0 saturated heterocycles. The van der Waals surface area contributed by atoms with Crippen molar-refractivity contribution in [3.8, 4) is 0 Å². The Balaban J connectivity index is 3.01. The van der Waals surface area contributed by atoms with Crippen molar-refractivity contribution in [3.63, 3.8) is 0 Å². The Bertz CT molecular complexity index is 324. The number of ether oxygens (including phenoxy) is 1. The van der Waals surface area contributed by atoms with Crippen LogP contribution in [-0.2, 0) is 9.53 Å². The first-order valence-corrected chi connectivity index (χ1v) is 12.4. The molecule has 0 aliphatic carbocycles. The van der Waals surface area contributed by atoms with Crippen molar-refractivity contribution < 1.29 is 9.53 Å². The van der Waals surface area contributed by atoms with E-state index in [0.29, 0.717) is 6.61 Å². The first kappa shape index (κ1) is 27.2. The maximum absolute atomic E-state index is 10.9. The summed E-state index contributed by atoms with van der Waals surface area (Å²) in [5.74, 6) is -0.300. The van der Waals surface area contributed by atoms with E-state index < -0.39 is 0 Å². The van der Waals surface area contributed by atoms with Gasteiger partial charge in [0.2, 0.25) is 0 Å². The molecule has 0 aromatic heterocycles. The minimum absolute atomic E-state index is 0.300. The van der Waals surface area contributed by atoms with Gasteiger partial charge in [-0.2, -0.15) is 0 Å². The Hall–Kier alpha value is -0.790. The number of carbonyl (C=O) groups excluding carboxylic acids is 1. The SMILES string of the molecule is [CH2]CCCCCCCCCCCCCCCCCCCCCCOC(=O)C=C. The maximum Gasteiger partial charge on any atom is 0.330 e. The lowest BCUT2D eigenvalue weighted by Gasteiger charge is -2.04. The van der Waals surface area contributed by atoms with E-state index in [4.69, 9.17) is 4.74 Å². The summed E-state index contributed by atoms with van der Waals surface area (Å²) in [7, 11) is 0. The van der Waals surface area contributed by atoms with Gasteiger partial charge in [-0.05, 0) is 6.42 Å². The van der Waals surface area contributed by atoms with Crippen LogP contribution in [0.25, 0.3) is 0 Å². The van der Waals surface area contributed by atoms with Crippen molar-refractivity contribution in [2.45, 2.75) is 135 Å². The second-order valence-corrected chi connectivity index (χ2v) is 8.30. The molecule has 2 heteroatoms. The predicted octanol–water partition coefficient (Wildman–Crippen LogP) is 8.74. The van der Waals surface area contributed by atoms with E-state index in [2.05, 4.69) is 13.5 Å². The summed E-state index contributed by atoms with van der Waals surface area (Å²) >= 11 is 0. The Morgan fingerprint density at radius 1 is 0.536 bits per heavy atom. The molecule has 0 bridgehead atoms. The molecule has 0 saturated carbocycles. The van der Waals surface area contributed by atoms with Gasteiger partial charge in [0.1, 0.15) is 0 Å². The first-order valence-electron chi connectivity index (χ1n) is 12.4. The molecule has 0 rings (SSSR count). The van der Waals surface area contributed by atoms with Gasteiger partial charge in [0, 0.05) is 6.08 Å². The molecule has 0 aliphatic heterocycles. The van der Waals surface area contributed by atoms with E-state index in [-0.39, 0.29) is 5.97 Å². The van der Waals surface area contributed by atoms with Crippen LogP contribution in [0.3, 0.4) is 0 Å². The lowest BCUT2D eigenvalue weighted by atomic mass is 10.0. The van der Waals surface area contributed by atoms with Gasteiger partial charge in [-0.1, -0.05) is 142 Å². The molecule has 0 spiro atoms. The van der Waals surface area contributed by atoms with Crippen molar-refractivity contribution in [1.82, 2.24) is 0 Å². The van der Waals surface area contributed by atoms with Gasteiger partial charge < -0.3 is 4.74 Å². The highest BCUT2D eigenvalue weighted by Crippen LogP contribution is 2.15. The fraction of sp³-hybridized carbons (Fsp3) is 0.846. The van der Waals surface area contributed by atoms with Gasteiger partial charge in [-0.3, -0.25) is 0 Å². The molecule has 1 radical (unpaired) electrons. The summed E-state index contributed by atoms with van der Waals surface area (Å²) < 4.78 is 4.97. The molecule has 0 unspecified atom stereocenters. The summed E-state index contributed by atoms with van der Waals surface area (Å²) in [6, 6.07) is 0. The van der Waals surface area contributed by atoms with Crippen LogP contribution in [0.2, 0.25) is 0 Å². The van der Waals surface area contributed by atoms with Crippen molar-refractivity contribution in [2.24, 2.45) is 0 Å². The standard InChI is InChI=1S/C26H49O2/c1-3-5-6-7-8-9-10-11-12-13-14-15-16-17-18-19-20-21-22-23-24-25-28-26(27)4-2/h4H,1-3,5-25H2. The van der Waals surface area contributed by atoms with E-state index in [1.807, 2.05) is 0 Å². The normalized spacial score (nSPS) is 10.9. The van der Waals surface area contributed by atoms with E-state index in [1.165, 1.54) is 128 Å². The van der Waals surface area contributed by atoms with E-state index >= 15 is 0 Å². The lowest BCUT2D eigenvalue weighted by molar-refractivity contribution is -0.137. The van der Waals surface area contributed by atoms with Gasteiger partial charge in [-0.15, -0.1) is 0 Å². The minimum Gasteiger partial charge on any atom is -0.463 e. The summed E-state index contributed by atoms with van der Waals surface area (Å²) in [6.07, 6.45) is 29.8. The van der Waals surface area contributed by atoms with Gasteiger partial charge in [0.25, 0.3) is 0 Å². The van der Waals surface area contributed by atoms with E-state index in [0.717, 1.165) is 12.8 Å². The topological polar surface area (TPSA) is 26.3 Å². The second kappa shape index (κ2) is 24.2. The summed E-state index contributed by atoms with van der Waals surface area (Å²) in [6.45, 7) is 7.84. The minimum atomic E-state index is -0.300. The maximum atomic E-state index is 10.9. The number of hydrogen-bond acceptors (Lipinski definition) is 2. The molecule has 0 amide bonds. The summed E-state index contributed by atoms with van der Waals surface area (Å²) in [5.41, 5.74) is 0. The molecule has 0 aromatic carbocycles. The van der Waals surface area contributed by atoms with Gasteiger partial charge in [0.05, 0.1) is 6.61 Å². The number of esters is 1. The zero-order chi connectivity index (χ0) is 20.5. The van der Waals surface area contributed by atoms with E-state index in [1.54, 1.807) is 0 Å². The van der Waals surface area contributed by atoms with Crippen molar-refractivity contribution >= 4 is 5.97 Å². The zero-order valence-electron chi connectivity index (χ0n) is 18.9. The molecular formula is C26H49O2. The van der Waals surface area contributed by atoms with Crippen LogP contribution in [0.15, 0.2) is 12.7 Å². The molecule has 0 aromatic rings. The van der Waals surface area contributed by atoms with Crippen molar-refractivity contribution in [2.75, 3.05) is 6.61 Å². The number of unbranched alkanes of at least 4 members (excludes halogenated alkanes) is 20. The molecule has 0 heterocycles. The largest absolute Gasteiger partial charge is 0.463 e. The quantitative estimate of drug-likeness (QED) is 0.0985. The molecule has 0 atom stereocenters. The van der Waals surface area contributed by atoms with Gasteiger partial charge in [0.15, 0.2) is 0 Å². The van der Waals surface area contributed by atoms with Gasteiger partial charge in [-0.25, -0.2) is 4.79 Å². The zero-order valence-corrected chi connectivity index (χ0v) is 18.9. The molecule has 0 aliphatic rings. The van der Waals surface area contributed by atoms with Crippen LogP contribution in [0.1, 0.15) is 135 Å². The molecule has 0 fully saturated rings. The number of carbonyl (C=O) groups is 1. The molecular weight excluding hydrogens is 344 g/mol. The Morgan fingerprint density at radius 2 is 0.821 bits per heavy atom. The van der Waals surface area contributed by atoms with Crippen LogP contribution in [0.5, 0.6) is 0 Å². The van der Waals surface area contributed by atoms with Crippen molar-refractivity contribution in [1.29, 1.82) is 0 Å².